The molecule has 0 radical (unpaired) electrons. The molecular weight excluding hydrogens is 470 g/mol. The summed E-state index contributed by atoms with van der Waals surface area (Å²) in [7, 11) is 3.41. The van der Waals surface area contributed by atoms with Gasteiger partial charge in [-0.25, -0.2) is 19.7 Å². The average molecular weight is 502 g/mol. The maximum absolute atomic E-state index is 13.1. The molecule has 0 saturated carbocycles. The van der Waals surface area contributed by atoms with Crippen molar-refractivity contribution in [1.29, 1.82) is 5.26 Å². The molecule has 192 valence electrons. The zero-order valence-corrected chi connectivity index (χ0v) is 21.9. The molecule has 1 aliphatic rings. The second kappa shape index (κ2) is 10.0. The van der Waals surface area contributed by atoms with E-state index in [1.165, 1.54) is 0 Å². The molecule has 1 unspecified atom stereocenters. The Morgan fingerprint density at radius 3 is 2.70 bits per heavy atom. The van der Waals surface area contributed by atoms with Crippen LogP contribution in [0.1, 0.15) is 38.8 Å². The monoisotopic (exact) mass is 501 g/mol. The number of amides is 1. The van der Waals surface area contributed by atoms with Gasteiger partial charge in [-0.15, -0.1) is 0 Å². The number of fused-ring (bicyclic) bond motifs is 1. The molecule has 0 saturated heterocycles. The van der Waals surface area contributed by atoms with Crippen molar-refractivity contribution in [3.63, 3.8) is 0 Å². The lowest BCUT2D eigenvalue weighted by Gasteiger charge is -2.27. The van der Waals surface area contributed by atoms with Gasteiger partial charge in [0.25, 0.3) is 0 Å². The van der Waals surface area contributed by atoms with Crippen molar-refractivity contribution in [3.8, 4) is 23.2 Å². The molecule has 1 atom stereocenters. The van der Waals surface area contributed by atoms with Crippen LogP contribution in [-0.4, -0.2) is 53.9 Å². The first-order valence-corrected chi connectivity index (χ1v) is 11.9. The van der Waals surface area contributed by atoms with Crippen LogP contribution < -0.4 is 20.3 Å². The molecule has 10 heteroatoms. The zero-order chi connectivity index (χ0) is 26.8. The van der Waals surface area contributed by atoms with Crippen molar-refractivity contribution in [3.05, 3.63) is 53.9 Å². The fraction of sp³-hybridized carbons (Fsp3) is 0.370. The van der Waals surface area contributed by atoms with E-state index in [2.05, 4.69) is 38.6 Å². The summed E-state index contributed by atoms with van der Waals surface area (Å²) < 4.78 is 11.0. The maximum atomic E-state index is 13.1. The van der Waals surface area contributed by atoms with Crippen molar-refractivity contribution in [2.24, 2.45) is 0 Å². The van der Waals surface area contributed by atoms with Crippen molar-refractivity contribution in [1.82, 2.24) is 20.3 Å². The number of carbonyl (C=O) groups is 1. The number of rotatable bonds is 6. The van der Waals surface area contributed by atoms with Gasteiger partial charge in [0.2, 0.25) is 11.8 Å². The third kappa shape index (κ3) is 5.32. The predicted octanol–water partition coefficient (Wildman–Crippen LogP) is 4.39. The predicted molar refractivity (Wildman–Crippen MR) is 141 cm³/mol. The fourth-order valence-electron chi connectivity index (χ4n) is 4.49. The highest BCUT2D eigenvalue weighted by Gasteiger charge is 2.44. The molecule has 0 bridgehead atoms. The number of benzene rings is 1. The van der Waals surface area contributed by atoms with E-state index in [1.807, 2.05) is 40.0 Å². The molecule has 2 N–H and O–H groups in total. The first-order chi connectivity index (χ1) is 17.6. The lowest BCUT2D eigenvalue weighted by atomic mass is 9.82. The number of carbonyl (C=O) groups excluding carboxylic acids is 1. The van der Waals surface area contributed by atoms with E-state index in [1.54, 1.807) is 42.6 Å². The standard InChI is InChI=1S/C27H31N7O3/c1-26(2,3)37-25(35)34-16-27(4,15-29-5)19-13-17(12-18(14-28)22(19)34)20-9-11-31-24(32-20)33-21-8-7-10-30-23(21)36-6/h7-13,29H,15-16H2,1-6H3,(H,31,32,33). The molecule has 0 fully saturated rings. The highest BCUT2D eigenvalue weighted by atomic mass is 16.6. The summed E-state index contributed by atoms with van der Waals surface area (Å²) in [5.74, 6) is 0.780. The molecule has 3 aromatic rings. The molecule has 37 heavy (non-hydrogen) atoms. The Labute approximate surface area is 216 Å². The summed E-state index contributed by atoms with van der Waals surface area (Å²) in [6.07, 6.45) is 2.81. The SMILES string of the molecule is CNCC1(C)CN(C(=O)OC(C)(C)C)c2c(C#N)cc(-c3ccnc(Nc4cccnc4OC)n3)cc21. The van der Waals surface area contributed by atoms with Crippen LogP contribution in [0.3, 0.4) is 0 Å². The van der Waals surface area contributed by atoms with E-state index in [4.69, 9.17) is 9.47 Å². The smallest absolute Gasteiger partial charge is 0.414 e. The molecule has 1 amide bonds. The Bertz CT molecular complexity index is 1360. The number of ether oxygens (including phenoxy) is 2. The van der Waals surface area contributed by atoms with Crippen molar-refractivity contribution in [2.45, 2.75) is 38.7 Å². The zero-order valence-electron chi connectivity index (χ0n) is 21.9. The van der Waals surface area contributed by atoms with Gasteiger partial charge in [-0.2, -0.15) is 5.26 Å². The number of nitrogens with one attached hydrogen (secondary N) is 2. The minimum atomic E-state index is -0.659. The number of anilines is 3. The van der Waals surface area contributed by atoms with Gasteiger partial charge in [0.15, 0.2) is 0 Å². The normalized spacial score (nSPS) is 16.6. The van der Waals surface area contributed by atoms with Gasteiger partial charge in [0.1, 0.15) is 17.4 Å². The van der Waals surface area contributed by atoms with Gasteiger partial charge in [-0.05, 0) is 63.7 Å². The molecule has 10 nitrogen and oxygen atoms in total. The molecule has 2 aromatic heterocycles. The highest BCUT2D eigenvalue weighted by Crippen LogP contribution is 2.45. The van der Waals surface area contributed by atoms with Crippen LogP contribution in [0.2, 0.25) is 0 Å². The Morgan fingerprint density at radius 1 is 1.24 bits per heavy atom. The van der Waals surface area contributed by atoms with Crippen LogP contribution in [0.15, 0.2) is 42.7 Å². The number of methoxy groups -OCH3 is 1. The number of nitriles is 1. The van der Waals surface area contributed by atoms with Crippen LogP contribution >= 0.6 is 0 Å². The number of likely N-dealkylation sites (N-methyl/N-ethyl adjacent to an activating group) is 1. The van der Waals surface area contributed by atoms with Crippen LogP contribution in [0, 0.1) is 11.3 Å². The number of nitrogens with zero attached hydrogens (tertiary/aromatic N) is 5. The van der Waals surface area contributed by atoms with Gasteiger partial charge in [0, 0.05) is 36.5 Å². The summed E-state index contributed by atoms with van der Waals surface area (Å²) in [4.78, 5) is 27.9. The van der Waals surface area contributed by atoms with E-state index in [0.717, 1.165) is 11.1 Å². The first-order valence-electron chi connectivity index (χ1n) is 11.9. The molecule has 4 rings (SSSR count). The Hall–Kier alpha value is -4.23. The van der Waals surface area contributed by atoms with Crippen LogP contribution in [0.4, 0.5) is 22.1 Å². The van der Waals surface area contributed by atoms with Crippen molar-refractivity contribution in [2.75, 3.05) is 37.5 Å². The van der Waals surface area contributed by atoms with Gasteiger partial charge >= 0.3 is 6.09 Å². The van der Waals surface area contributed by atoms with E-state index >= 15 is 0 Å². The van der Waals surface area contributed by atoms with Crippen LogP contribution in [0.25, 0.3) is 11.3 Å². The van der Waals surface area contributed by atoms with Gasteiger partial charge in [-0.1, -0.05) is 6.92 Å². The molecule has 0 spiro atoms. The lowest BCUT2D eigenvalue weighted by molar-refractivity contribution is 0.0578. The van der Waals surface area contributed by atoms with Crippen molar-refractivity contribution < 1.29 is 14.3 Å². The second-order valence-electron chi connectivity index (χ2n) is 10.1. The average Bonchev–Trinajstić information content (AvgIpc) is 3.16. The van der Waals surface area contributed by atoms with Gasteiger partial charge < -0.3 is 20.1 Å². The Morgan fingerprint density at radius 2 is 2.03 bits per heavy atom. The number of aromatic nitrogens is 3. The molecular formula is C27H31N7O3. The molecule has 3 heterocycles. The third-order valence-corrected chi connectivity index (χ3v) is 6.00. The largest absolute Gasteiger partial charge is 0.480 e. The maximum Gasteiger partial charge on any atom is 0.414 e. The van der Waals surface area contributed by atoms with E-state index in [-0.39, 0.29) is 0 Å². The highest BCUT2D eigenvalue weighted by molar-refractivity contribution is 5.95. The Balaban J connectivity index is 1.78. The number of hydrogen-bond acceptors (Lipinski definition) is 9. The second-order valence-corrected chi connectivity index (χ2v) is 10.1. The molecule has 0 aliphatic carbocycles. The minimum absolute atomic E-state index is 0.358. The summed E-state index contributed by atoms with van der Waals surface area (Å²) in [5.41, 5.74) is 2.72. The summed E-state index contributed by atoms with van der Waals surface area (Å²) >= 11 is 0. The molecule has 1 aromatic carbocycles. The fourth-order valence-corrected chi connectivity index (χ4v) is 4.49. The quantitative estimate of drug-likeness (QED) is 0.506. The van der Waals surface area contributed by atoms with Crippen LogP contribution in [-0.2, 0) is 10.2 Å². The third-order valence-electron chi connectivity index (χ3n) is 6.00. The minimum Gasteiger partial charge on any atom is -0.480 e. The van der Waals surface area contributed by atoms with E-state index < -0.39 is 17.1 Å². The molecule has 1 aliphatic heterocycles. The van der Waals surface area contributed by atoms with Crippen molar-refractivity contribution >= 4 is 23.4 Å². The van der Waals surface area contributed by atoms with Gasteiger partial charge in [0.05, 0.1) is 24.1 Å². The van der Waals surface area contributed by atoms with E-state index in [9.17, 15) is 10.1 Å². The Kier molecular flexibility index (Phi) is 7.01. The summed E-state index contributed by atoms with van der Waals surface area (Å²) in [6, 6.07) is 11.4. The van der Waals surface area contributed by atoms with Gasteiger partial charge in [-0.3, -0.25) is 4.90 Å². The number of pyridine rings is 1. The summed E-state index contributed by atoms with van der Waals surface area (Å²) in [6.45, 7) is 8.53. The van der Waals surface area contributed by atoms with E-state index in [0.29, 0.717) is 47.5 Å². The summed E-state index contributed by atoms with van der Waals surface area (Å²) in [5, 5.41) is 16.5. The number of hydrogen-bond donors (Lipinski definition) is 2. The van der Waals surface area contributed by atoms with Crippen LogP contribution in [0.5, 0.6) is 5.88 Å². The first kappa shape index (κ1) is 25.9. The lowest BCUT2D eigenvalue weighted by Crippen LogP contribution is -2.42. The topological polar surface area (TPSA) is 125 Å².